The lowest BCUT2D eigenvalue weighted by Crippen LogP contribution is -2.16. The first-order chi connectivity index (χ1) is 14.0. The Balaban J connectivity index is 1.47. The maximum Gasteiger partial charge on any atom is 0.341 e. The van der Waals surface area contributed by atoms with Gasteiger partial charge in [-0.3, -0.25) is 9.89 Å². The number of nitrogens with zero attached hydrogens (tertiary/aromatic N) is 2. The van der Waals surface area contributed by atoms with Gasteiger partial charge < -0.3 is 14.5 Å². The van der Waals surface area contributed by atoms with E-state index in [9.17, 15) is 9.59 Å². The summed E-state index contributed by atoms with van der Waals surface area (Å²) in [6.45, 7) is 3.81. The molecule has 1 aliphatic carbocycles. The summed E-state index contributed by atoms with van der Waals surface area (Å²) in [5.74, 6) is 2.05. The van der Waals surface area contributed by atoms with Crippen molar-refractivity contribution >= 4 is 40.0 Å². The van der Waals surface area contributed by atoms with Gasteiger partial charge in [0.25, 0.3) is 0 Å². The molecule has 1 fully saturated rings. The topological polar surface area (TPSA) is 110 Å². The summed E-state index contributed by atoms with van der Waals surface area (Å²) in [4.78, 5) is 29.4. The van der Waals surface area contributed by atoms with E-state index in [4.69, 9.17) is 9.15 Å². The fourth-order valence-corrected chi connectivity index (χ4v) is 4.33. The zero-order chi connectivity index (χ0) is 20.4. The number of carbonyl (C=O) groups excluding carboxylic acids is 2. The minimum atomic E-state index is -0.496. The zero-order valence-corrected chi connectivity index (χ0v) is 17.6. The number of rotatable bonds is 8. The Morgan fingerprint density at radius 2 is 2.24 bits per heavy atom. The summed E-state index contributed by atoms with van der Waals surface area (Å²) in [7, 11) is 0. The van der Waals surface area contributed by atoms with E-state index < -0.39 is 5.97 Å². The van der Waals surface area contributed by atoms with Gasteiger partial charge in [0.05, 0.1) is 12.4 Å². The van der Waals surface area contributed by atoms with E-state index in [0.29, 0.717) is 33.0 Å². The monoisotopic (exact) mass is 432 g/mol. The van der Waals surface area contributed by atoms with Crippen LogP contribution in [0.25, 0.3) is 11.3 Å². The van der Waals surface area contributed by atoms with Gasteiger partial charge in [0.15, 0.2) is 0 Å². The third-order valence-corrected chi connectivity index (χ3v) is 6.05. The molecule has 0 saturated heterocycles. The molecular formula is C19H20N4O4S2. The molecule has 2 N–H and O–H groups in total. The predicted molar refractivity (Wildman–Crippen MR) is 110 cm³/mol. The van der Waals surface area contributed by atoms with E-state index in [2.05, 4.69) is 20.5 Å². The lowest BCUT2D eigenvalue weighted by molar-refractivity contribution is -0.113. The van der Waals surface area contributed by atoms with Crippen LogP contribution in [-0.4, -0.2) is 39.4 Å². The lowest BCUT2D eigenvalue weighted by atomic mass is 10.1. The fraction of sp³-hybridized carbons (Fsp3) is 0.368. The number of esters is 1. The number of aryl methyl sites for hydroxylation is 1. The normalized spacial score (nSPS) is 13.4. The first-order valence-corrected chi connectivity index (χ1v) is 11.1. The van der Waals surface area contributed by atoms with Crippen LogP contribution in [-0.2, 0) is 9.53 Å². The van der Waals surface area contributed by atoms with Crippen LogP contribution < -0.4 is 5.32 Å². The van der Waals surface area contributed by atoms with E-state index in [-0.39, 0.29) is 18.3 Å². The van der Waals surface area contributed by atoms with Gasteiger partial charge in [0, 0.05) is 16.9 Å². The summed E-state index contributed by atoms with van der Waals surface area (Å²) >= 11 is 2.51. The number of thiophene rings is 1. The van der Waals surface area contributed by atoms with E-state index >= 15 is 0 Å². The Labute approximate surface area is 175 Å². The average Bonchev–Trinajstić information content (AvgIpc) is 3.09. The molecule has 3 aromatic rings. The van der Waals surface area contributed by atoms with E-state index in [0.717, 1.165) is 24.4 Å². The summed E-state index contributed by atoms with van der Waals surface area (Å²) in [5, 5.41) is 12.6. The van der Waals surface area contributed by atoms with Crippen LogP contribution >= 0.6 is 23.1 Å². The first kappa shape index (κ1) is 19.7. The molecule has 0 radical (unpaired) electrons. The number of hydrogen-bond acceptors (Lipinski definition) is 8. The molecule has 1 aliphatic rings. The van der Waals surface area contributed by atoms with Gasteiger partial charge in [-0.2, -0.15) is 0 Å². The van der Waals surface area contributed by atoms with Crippen molar-refractivity contribution in [1.82, 2.24) is 15.2 Å². The molecule has 0 aromatic carbocycles. The second-order valence-electron chi connectivity index (χ2n) is 6.60. The average molecular weight is 433 g/mol. The third-order valence-electron chi connectivity index (χ3n) is 4.31. The Hall–Kier alpha value is -2.59. The minimum Gasteiger partial charge on any atom is -0.462 e. The number of aromatic amines is 1. The van der Waals surface area contributed by atoms with Gasteiger partial charge >= 0.3 is 5.97 Å². The number of anilines is 1. The lowest BCUT2D eigenvalue weighted by Gasteiger charge is -2.07. The number of nitrogens with one attached hydrogen (secondary N) is 2. The SMILES string of the molecule is CCOC(=O)c1c(-c2ccc(C)o2)csc1NC(=O)CSc1n[nH]c(C2CC2)n1. The van der Waals surface area contributed by atoms with Crippen LogP contribution in [0, 0.1) is 6.92 Å². The molecule has 0 spiro atoms. The highest BCUT2D eigenvalue weighted by atomic mass is 32.2. The Bertz CT molecular complexity index is 1030. The molecule has 3 heterocycles. The van der Waals surface area contributed by atoms with Crippen molar-refractivity contribution in [2.45, 2.75) is 37.8 Å². The number of amides is 1. The second kappa shape index (κ2) is 8.42. The number of hydrogen-bond donors (Lipinski definition) is 2. The molecule has 0 atom stereocenters. The maximum absolute atomic E-state index is 12.5. The molecule has 0 bridgehead atoms. The van der Waals surface area contributed by atoms with Gasteiger partial charge in [-0.1, -0.05) is 11.8 Å². The Morgan fingerprint density at radius 1 is 1.41 bits per heavy atom. The molecule has 152 valence electrons. The smallest absolute Gasteiger partial charge is 0.341 e. The number of carbonyl (C=O) groups is 2. The van der Waals surface area contributed by atoms with Gasteiger partial charge in [-0.25, -0.2) is 9.78 Å². The molecule has 10 heteroatoms. The number of aromatic nitrogens is 3. The highest BCUT2D eigenvalue weighted by Gasteiger charge is 2.27. The highest BCUT2D eigenvalue weighted by Crippen LogP contribution is 2.39. The molecule has 1 saturated carbocycles. The van der Waals surface area contributed by atoms with Crippen molar-refractivity contribution in [1.29, 1.82) is 0 Å². The Kier molecular flexibility index (Phi) is 5.72. The quantitative estimate of drug-likeness (QED) is 0.405. The van der Waals surface area contributed by atoms with E-state index in [1.807, 2.05) is 13.0 Å². The van der Waals surface area contributed by atoms with Crippen molar-refractivity contribution in [2.75, 3.05) is 17.7 Å². The molecule has 0 unspecified atom stereocenters. The number of H-pyrrole nitrogens is 1. The number of ether oxygens (including phenoxy) is 1. The van der Waals surface area contributed by atoms with Gasteiger partial charge in [-0.05, 0) is 38.8 Å². The highest BCUT2D eigenvalue weighted by molar-refractivity contribution is 7.99. The van der Waals surface area contributed by atoms with Gasteiger partial charge in [-0.15, -0.1) is 16.4 Å². The van der Waals surface area contributed by atoms with Crippen LogP contribution in [0.3, 0.4) is 0 Å². The summed E-state index contributed by atoms with van der Waals surface area (Å²) in [5.41, 5.74) is 0.908. The molecule has 0 aliphatic heterocycles. The van der Waals surface area contributed by atoms with Gasteiger partial charge in [0.2, 0.25) is 11.1 Å². The molecular weight excluding hydrogens is 412 g/mol. The fourth-order valence-electron chi connectivity index (χ4n) is 2.77. The van der Waals surface area contributed by atoms with Crippen LogP contribution in [0.15, 0.2) is 27.1 Å². The van der Waals surface area contributed by atoms with E-state index in [1.54, 1.807) is 18.4 Å². The van der Waals surface area contributed by atoms with Gasteiger partial charge in [0.1, 0.15) is 27.9 Å². The molecule has 3 aromatic heterocycles. The molecule has 8 nitrogen and oxygen atoms in total. The van der Waals surface area contributed by atoms with Crippen LogP contribution in [0.2, 0.25) is 0 Å². The molecule has 29 heavy (non-hydrogen) atoms. The first-order valence-electron chi connectivity index (χ1n) is 9.25. The van der Waals surface area contributed by atoms with Crippen molar-refractivity contribution in [3.05, 3.63) is 34.7 Å². The molecule has 4 rings (SSSR count). The van der Waals surface area contributed by atoms with Crippen LogP contribution in [0.1, 0.15) is 47.6 Å². The molecule has 1 amide bonds. The summed E-state index contributed by atoms with van der Waals surface area (Å²) in [6, 6.07) is 3.62. The van der Waals surface area contributed by atoms with Crippen molar-refractivity contribution < 1.29 is 18.7 Å². The largest absolute Gasteiger partial charge is 0.462 e. The zero-order valence-electron chi connectivity index (χ0n) is 16.0. The number of furan rings is 1. The third kappa shape index (κ3) is 4.54. The standard InChI is InChI=1S/C19H20N4O4S2/c1-3-26-18(25)15-12(13-7-4-10(2)27-13)8-28-17(15)20-14(24)9-29-19-21-16(22-23-19)11-5-6-11/h4,7-8,11H,3,5-6,9H2,1-2H3,(H,20,24)(H,21,22,23). The number of thioether (sulfide) groups is 1. The van der Waals surface area contributed by atoms with E-state index in [1.165, 1.54) is 23.1 Å². The summed E-state index contributed by atoms with van der Waals surface area (Å²) < 4.78 is 10.8. The van der Waals surface area contributed by atoms with Crippen molar-refractivity contribution in [3.8, 4) is 11.3 Å². The van der Waals surface area contributed by atoms with Crippen LogP contribution in [0.4, 0.5) is 5.00 Å². The second-order valence-corrected chi connectivity index (χ2v) is 8.42. The minimum absolute atomic E-state index is 0.136. The summed E-state index contributed by atoms with van der Waals surface area (Å²) in [6.07, 6.45) is 2.26. The Morgan fingerprint density at radius 3 is 2.93 bits per heavy atom. The maximum atomic E-state index is 12.5. The van der Waals surface area contributed by atoms with Crippen molar-refractivity contribution in [3.63, 3.8) is 0 Å². The predicted octanol–water partition coefficient (Wildman–Crippen LogP) is 4.22. The van der Waals surface area contributed by atoms with Crippen LogP contribution in [0.5, 0.6) is 0 Å². The van der Waals surface area contributed by atoms with Crippen molar-refractivity contribution in [2.24, 2.45) is 0 Å².